The number of carbonyl (C=O) groups excluding carboxylic acids is 1. The highest BCUT2D eigenvalue weighted by molar-refractivity contribution is 5.79. The smallest absolute Gasteiger partial charge is 0.308 e. The molecule has 3 atom stereocenters. The normalized spacial score (nSPS) is 20.0. The summed E-state index contributed by atoms with van der Waals surface area (Å²) in [6.07, 6.45) is 2.82. The van der Waals surface area contributed by atoms with Gasteiger partial charge in [-0.3, -0.25) is 14.5 Å². The zero-order chi connectivity index (χ0) is 30.3. The number of fused-ring (bicyclic) bond motifs is 1. The molecule has 1 saturated heterocycles. The zero-order valence-electron chi connectivity index (χ0n) is 25.6. The van der Waals surface area contributed by atoms with E-state index in [4.69, 9.17) is 18.9 Å². The first kappa shape index (κ1) is 31.4. The Morgan fingerprint density at radius 1 is 1.05 bits per heavy atom. The van der Waals surface area contributed by atoms with Crippen molar-refractivity contribution in [3.05, 3.63) is 48.0 Å². The van der Waals surface area contributed by atoms with Gasteiger partial charge in [-0.05, 0) is 36.2 Å². The number of unbranched alkanes of at least 4 members (excludes halogenated alkanes) is 1. The SMILES string of the molecule is CCCCN(CCC[N+](C)(C)C)C(=O)CN1C[C@H](c2ccc3c(c2)OCO3)C(C(=O)O)[C@@H]1COc1ccccc1OC. The van der Waals surface area contributed by atoms with E-state index < -0.39 is 17.9 Å². The molecule has 2 aromatic carbocycles. The van der Waals surface area contributed by atoms with Crippen LogP contribution >= 0.6 is 0 Å². The van der Waals surface area contributed by atoms with Gasteiger partial charge in [0.05, 0.1) is 53.3 Å². The molecule has 2 heterocycles. The average Bonchev–Trinajstić information content (AvgIpc) is 3.57. The molecule has 10 heteroatoms. The number of ether oxygens (including phenoxy) is 4. The lowest BCUT2D eigenvalue weighted by Gasteiger charge is -2.30. The summed E-state index contributed by atoms with van der Waals surface area (Å²) in [6.45, 7) is 5.22. The number of quaternary nitrogens is 1. The van der Waals surface area contributed by atoms with Gasteiger partial charge in [-0.1, -0.05) is 31.5 Å². The van der Waals surface area contributed by atoms with Crippen molar-refractivity contribution in [3.63, 3.8) is 0 Å². The maximum absolute atomic E-state index is 13.8. The third-order valence-electron chi connectivity index (χ3n) is 8.07. The van der Waals surface area contributed by atoms with E-state index in [9.17, 15) is 14.7 Å². The van der Waals surface area contributed by atoms with Gasteiger partial charge < -0.3 is 33.4 Å². The van der Waals surface area contributed by atoms with Crippen molar-refractivity contribution in [2.75, 3.05) is 74.4 Å². The van der Waals surface area contributed by atoms with Crippen molar-refractivity contribution in [3.8, 4) is 23.0 Å². The maximum atomic E-state index is 13.8. The van der Waals surface area contributed by atoms with Crippen molar-refractivity contribution in [2.24, 2.45) is 5.92 Å². The number of aliphatic carboxylic acids is 1. The molecule has 0 aliphatic carbocycles. The van der Waals surface area contributed by atoms with Gasteiger partial charge in [0.15, 0.2) is 23.0 Å². The highest BCUT2D eigenvalue weighted by Gasteiger charge is 2.48. The second-order valence-corrected chi connectivity index (χ2v) is 12.1. The summed E-state index contributed by atoms with van der Waals surface area (Å²) in [4.78, 5) is 30.6. The van der Waals surface area contributed by atoms with E-state index >= 15 is 0 Å². The number of carboxylic acids is 1. The van der Waals surface area contributed by atoms with Crippen LogP contribution in [0.15, 0.2) is 42.5 Å². The summed E-state index contributed by atoms with van der Waals surface area (Å²) >= 11 is 0. The first-order valence-electron chi connectivity index (χ1n) is 14.8. The summed E-state index contributed by atoms with van der Waals surface area (Å²) in [7, 11) is 8.02. The topological polar surface area (TPSA) is 97.8 Å². The largest absolute Gasteiger partial charge is 0.493 e. The van der Waals surface area contributed by atoms with Gasteiger partial charge in [0.1, 0.15) is 6.61 Å². The highest BCUT2D eigenvalue weighted by atomic mass is 16.7. The number of methoxy groups -OCH3 is 1. The third-order valence-corrected chi connectivity index (χ3v) is 8.07. The molecule has 1 fully saturated rings. The van der Waals surface area contributed by atoms with Gasteiger partial charge in [-0.15, -0.1) is 0 Å². The number of nitrogens with zero attached hydrogens (tertiary/aromatic N) is 3. The zero-order valence-corrected chi connectivity index (χ0v) is 25.6. The fraction of sp³-hybridized carbons (Fsp3) is 0.562. The van der Waals surface area contributed by atoms with Gasteiger partial charge in [0.25, 0.3) is 0 Å². The molecule has 1 N–H and O–H groups in total. The van der Waals surface area contributed by atoms with Gasteiger partial charge in [-0.25, -0.2) is 0 Å². The number of carbonyl (C=O) groups is 2. The fourth-order valence-electron chi connectivity index (χ4n) is 5.81. The Hall–Kier alpha value is -3.50. The average molecular weight is 585 g/mol. The van der Waals surface area contributed by atoms with Crippen LogP contribution in [0.1, 0.15) is 37.7 Å². The first-order valence-corrected chi connectivity index (χ1v) is 14.8. The summed E-state index contributed by atoms with van der Waals surface area (Å²) in [5.74, 6) is 0.290. The second-order valence-electron chi connectivity index (χ2n) is 12.1. The Morgan fingerprint density at radius 3 is 2.45 bits per heavy atom. The quantitative estimate of drug-likeness (QED) is 0.317. The van der Waals surface area contributed by atoms with Crippen LogP contribution in [0.25, 0.3) is 0 Å². The van der Waals surface area contributed by atoms with E-state index in [1.165, 1.54) is 0 Å². The van der Waals surface area contributed by atoms with E-state index in [1.807, 2.05) is 40.1 Å². The van der Waals surface area contributed by atoms with Gasteiger partial charge in [0.2, 0.25) is 12.7 Å². The molecule has 1 unspecified atom stereocenters. The summed E-state index contributed by atoms with van der Waals surface area (Å²) in [5, 5.41) is 10.5. The molecule has 230 valence electrons. The third kappa shape index (κ3) is 7.86. The Kier molecular flexibility index (Phi) is 10.6. The van der Waals surface area contributed by atoms with Crippen molar-refractivity contribution < 1.29 is 38.1 Å². The molecule has 2 aliphatic rings. The minimum atomic E-state index is -0.924. The number of rotatable bonds is 15. The van der Waals surface area contributed by atoms with Crippen molar-refractivity contribution in [1.82, 2.24) is 9.80 Å². The van der Waals surface area contributed by atoms with Gasteiger partial charge >= 0.3 is 5.97 Å². The van der Waals surface area contributed by atoms with Crippen LogP contribution in [0.5, 0.6) is 23.0 Å². The highest BCUT2D eigenvalue weighted by Crippen LogP contribution is 2.42. The molecule has 1 amide bonds. The minimum absolute atomic E-state index is 0.0163. The Balaban J connectivity index is 1.59. The van der Waals surface area contributed by atoms with E-state index in [1.54, 1.807) is 19.2 Å². The predicted octanol–water partition coefficient (Wildman–Crippen LogP) is 3.70. The number of hydrogen-bond donors (Lipinski definition) is 1. The lowest BCUT2D eigenvalue weighted by molar-refractivity contribution is -0.870. The molecule has 0 bridgehead atoms. The summed E-state index contributed by atoms with van der Waals surface area (Å²) in [6, 6.07) is 12.4. The molecule has 4 rings (SSSR count). The van der Waals surface area contributed by atoms with Crippen LogP contribution in [0.4, 0.5) is 0 Å². The molecule has 0 spiro atoms. The molecule has 42 heavy (non-hydrogen) atoms. The number of para-hydroxylation sites is 2. The molecular weight excluding hydrogens is 538 g/mol. The number of hydrogen-bond acceptors (Lipinski definition) is 7. The van der Waals surface area contributed by atoms with Crippen molar-refractivity contribution in [2.45, 2.75) is 38.1 Å². The summed E-state index contributed by atoms with van der Waals surface area (Å²) < 4.78 is 23.5. The molecule has 0 radical (unpaired) electrons. The number of carboxylic acid groups (broad SMARTS) is 1. The van der Waals surface area contributed by atoms with Crippen LogP contribution in [0, 0.1) is 5.92 Å². The molecule has 10 nitrogen and oxygen atoms in total. The number of benzene rings is 2. The van der Waals surface area contributed by atoms with Crippen LogP contribution in [0.3, 0.4) is 0 Å². The second kappa shape index (κ2) is 14.1. The van der Waals surface area contributed by atoms with E-state index in [0.29, 0.717) is 42.6 Å². The molecule has 0 aromatic heterocycles. The van der Waals surface area contributed by atoms with Crippen LogP contribution in [0.2, 0.25) is 0 Å². The van der Waals surface area contributed by atoms with Crippen molar-refractivity contribution in [1.29, 1.82) is 0 Å². The standard InChI is InChI=1S/C32H45N3O7/c1-6-7-15-33(16-10-17-35(2,3)4)30(36)20-34-19-24(23-13-14-28-29(18-23)42-22-41-28)31(32(37)38)25(34)21-40-27-12-9-8-11-26(27)39-5/h8-9,11-14,18,24-25,31H,6-7,10,15-17,19-22H2,1-5H3/p+1/t24-,25+,31?/m1/s1. The lowest BCUT2D eigenvalue weighted by Crippen LogP contribution is -2.47. The number of likely N-dealkylation sites (tertiary alicyclic amines) is 1. The minimum Gasteiger partial charge on any atom is -0.493 e. The molecular formula is C32H46N3O7+. The van der Waals surface area contributed by atoms with Crippen LogP contribution in [-0.2, 0) is 9.59 Å². The van der Waals surface area contributed by atoms with E-state index in [0.717, 1.165) is 35.9 Å². The van der Waals surface area contributed by atoms with E-state index in [-0.39, 0.29) is 31.8 Å². The Morgan fingerprint density at radius 2 is 1.76 bits per heavy atom. The Labute approximate surface area is 249 Å². The van der Waals surface area contributed by atoms with E-state index in [2.05, 4.69) is 28.1 Å². The molecule has 2 aliphatic heterocycles. The number of amides is 1. The first-order chi connectivity index (χ1) is 20.1. The predicted molar refractivity (Wildman–Crippen MR) is 159 cm³/mol. The summed E-state index contributed by atoms with van der Waals surface area (Å²) in [5.41, 5.74) is 0.842. The maximum Gasteiger partial charge on any atom is 0.308 e. The van der Waals surface area contributed by atoms with Crippen molar-refractivity contribution >= 4 is 11.9 Å². The van der Waals surface area contributed by atoms with Crippen LogP contribution in [-0.4, -0.2) is 112 Å². The Bertz CT molecular complexity index is 1210. The lowest BCUT2D eigenvalue weighted by atomic mass is 9.85. The fourth-order valence-corrected chi connectivity index (χ4v) is 5.81. The molecule has 2 aromatic rings. The van der Waals surface area contributed by atoms with Gasteiger partial charge in [0, 0.05) is 32.0 Å². The van der Waals surface area contributed by atoms with Crippen LogP contribution < -0.4 is 18.9 Å². The monoisotopic (exact) mass is 584 g/mol. The molecule has 0 saturated carbocycles. The van der Waals surface area contributed by atoms with Gasteiger partial charge in [-0.2, -0.15) is 0 Å².